The van der Waals surface area contributed by atoms with E-state index in [1.807, 2.05) is 42.5 Å². The van der Waals surface area contributed by atoms with E-state index in [2.05, 4.69) is 16.7 Å². The monoisotopic (exact) mass is 434 g/mol. The Morgan fingerprint density at radius 1 is 1.23 bits per heavy atom. The van der Waals surface area contributed by atoms with Crippen molar-refractivity contribution in [2.24, 2.45) is 0 Å². The molecular weight excluding hydrogens is 408 g/mol. The molecule has 1 aliphatic heterocycles. The van der Waals surface area contributed by atoms with Gasteiger partial charge in [0.2, 0.25) is 0 Å². The van der Waals surface area contributed by atoms with E-state index < -0.39 is 0 Å². The van der Waals surface area contributed by atoms with Gasteiger partial charge in [-0.25, -0.2) is 0 Å². The van der Waals surface area contributed by atoms with Crippen LogP contribution in [-0.4, -0.2) is 25.5 Å². The number of amides is 2. The van der Waals surface area contributed by atoms with Crippen LogP contribution in [-0.2, 0) is 4.79 Å². The lowest BCUT2D eigenvalue weighted by molar-refractivity contribution is -0.112. The maximum absolute atomic E-state index is 12.6. The molecule has 2 aliphatic rings. The maximum Gasteiger partial charge on any atom is 0.262 e. The standard InChI is InChI=1S/C25H26N2O3S/c1-30-20-9-5-8-18(14-20)15-23-25(29)27-21-16-19(10-11-22(21)31-23)24(28)26-13-12-17-6-3-2-4-7-17/h5-6,8-11,14-16H,2-4,7,12-13H2,1H3,(H,26,28)(H,27,29). The lowest BCUT2D eigenvalue weighted by atomic mass is 9.97. The zero-order valence-electron chi connectivity index (χ0n) is 17.6. The van der Waals surface area contributed by atoms with Gasteiger partial charge in [0.15, 0.2) is 0 Å². The van der Waals surface area contributed by atoms with Crippen LogP contribution in [0.4, 0.5) is 5.69 Å². The second-order valence-electron chi connectivity index (χ2n) is 7.67. The summed E-state index contributed by atoms with van der Waals surface area (Å²) in [6.07, 6.45) is 9.86. The average Bonchev–Trinajstić information content (AvgIpc) is 2.80. The van der Waals surface area contributed by atoms with Gasteiger partial charge < -0.3 is 15.4 Å². The van der Waals surface area contributed by atoms with Crippen LogP contribution in [0.3, 0.4) is 0 Å². The smallest absolute Gasteiger partial charge is 0.262 e. The summed E-state index contributed by atoms with van der Waals surface area (Å²) in [5.41, 5.74) is 3.55. The molecule has 0 spiro atoms. The number of carbonyl (C=O) groups excluding carboxylic acids is 2. The molecule has 1 heterocycles. The Labute approximate surface area is 187 Å². The molecule has 0 aromatic heterocycles. The fourth-order valence-electron chi connectivity index (χ4n) is 3.75. The number of carbonyl (C=O) groups is 2. The fraction of sp³-hybridized carbons (Fsp3) is 0.280. The number of allylic oxidation sites excluding steroid dienone is 1. The third kappa shape index (κ3) is 5.39. The summed E-state index contributed by atoms with van der Waals surface area (Å²) in [6, 6.07) is 13.0. The summed E-state index contributed by atoms with van der Waals surface area (Å²) in [7, 11) is 1.62. The first kappa shape index (κ1) is 21.2. The van der Waals surface area contributed by atoms with E-state index in [0.29, 0.717) is 22.7 Å². The normalized spacial score (nSPS) is 16.9. The first-order valence-corrected chi connectivity index (χ1v) is 11.4. The van der Waals surface area contributed by atoms with Crippen LogP contribution >= 0.6 is 11.8 Å². The van der Waals surface area contributed by atoms with Crippen molar-refractivity contribution in [3.63, 3.8) is 0 Å². The van der Waals surface area contributed by atoms with Gasteiger partial charge in [0.1, 0.15) is 5.75 Å². The molecule has 0 saturated heterocycles. The minimum absolute atomic E-state index is 0.115. The summed E-state index contributed by atoms with van der Waals surface area (Å²) in [5, 5.41) is 5.91. The van der Waals surface area contributed by atoms with Crippen LogP contribution in [0.15, 0.2) is 63.9 Å². The summed E-state index contributed by atoms with van der Waals surface area (Å²) in [4.78, 5) is 26.7. The number of methoxy groups -OCH3 is 1. The van der Waals surface area contributed by atoms with Crippen molar-refractivity contribution in [1.82, 2.24) is 5.32 Å². The molecule has 2 aromatic rings. The van der Waals surface area contributed by atoms with Crippen LogP contribution in [0.2, 0.25) is 0 Å². The molecule has 6 heteroatoms. The SMILES string of the molecule is COc1cccc(C=C2Sc3ccc(C(=O)NCCC4=CCCCC4)cc3NC2=O)c1. The van der Waals surface area contributed by atoms with Gasteiger partial charge in [0.25, 0.3) is 11.8 Å². The van der Waals surface area contributed by atoms with Crippen molar-refractivity contribution in [2.45, 2.75) is 37.0 Å². The highest BCUT2D eigenvalue weighted by atomic mass is 32.2. The number of rotatable bonds is 6. The molecule has 4 rings (SSSR count). The van der Waals surface area contributed by atoms with E-state index in [1.165, 1.54) is 30.2 Å². The molecule has 2 aromatic carbocycles. The van der Waals surface area contributed by atoms with Gasteiger partial charge in [-0.2, -0.15) is 0 Å². The highest BCUT2D eigenvalue weighted by Crippen LogP contribution is 2.39. The minimum atomic E-state index is -0.179. The predicted octanol–water partition coefficient (Wildman–Crippen LogP) is 5.40. The zero-order chi connectivity index (χ0) is 21.6. The molecule has 2 N–H and O–H groups in total. The van der Waals surface area contributed by atoms with Crippen molar-refractivity contribution in [3.8, 4) is 5.75 Å². The first-order chi connectivity index (χ1) is 15.1. The van der Waals surface area contributed by atoms with Crippen LogP contribution in [0.25, 0.3) is 6.08 Å². The lowest BCUT2D eigenvalue weighted by Crippen LogP contribution is -2.25. The molecule has 0 unspecified atom stereocenters. The van der Waals surface area contributed by atoms with E-state index >= 15 is 0 Å². The second kappa shape index (κ2) is 9.88. The van der Waals surface area contributed by atoms with Crippen molar-refractivity contribution in [3.05, 3.63) is 70.1 Å². The maximum atomic E-state index is 12.6. The molecule has 0 atom stereocenters. The van der Waals surface area contributed by atoms with Gasteiger partial charge in [-0.05, 0) is 74.1 Å². The largest absolute Gasteiger partial charge is 0.497 e. The molecule has 0 saturated carbocycles. The molecule has 31 heavy (non-hydrogen) atoms. The molecule has 0 radical (unpaired) electrons. The Balaban J connectivity index is 1.42. The van der Waals surface area contributed by atoms with Gasteiger partial charge in [0.05, 0.1) is 17.7 Å². The number of fused-ring (bicyclic) bond motifs is 1. The third-order valence-corrected chi connectivity index (χ3v) is 6.54. The summed E-state index contributed by atoms with van der Waals surface area (Å²) >= 11 is 1.40. The van der Waals surface area contributed by atoms with E-state index in [0.717, 1.165) is 35.5 Å². The molecule has 5 nitrogen and oxygen atoms in total. The van der Waals surface area contributed by atoms with E-state index in [4.69, 9.17) is 4.74 Å². The van der Waals surface area contributed by atoms with Crippen LogP contribution in [0.1, 0.15) is 48.0 Å². The third-order valence-electron chi connectivity index (χ3n) is 5.44. The average molecular weight is 435 g/mol. The van der Waals surface area contributed by atoms with Gasteiger partial charge in [-0.3, -0.25) is 9.59 Å². The van der Waals surface area contributed by atoms with Crippen molar-refractivity contribution < 1.29 is 14.3 Å². The summed E-state index contributed by atoms with van der Waals surface area (Å²) in [5.74, 6) is 0.449. The second-order valence-corrected chi connectivity index (χ2v) is 8.75. The van der Waals surface area contributed by atoms with Crippen molar-refractivity contribution in [2.75, 3.05) is 19.0 Å². The number of benzene rings is 2. The van der Waals surface area contributed by atoms with Gasteiger partial charge in [0, 0.05) is 17.0 Å². The highest BCUT2D eigenvalue weighted by molar-refractivity contribution is 8.04. The number of ether oxygens (including phenoxy) is 1. The number of anilines is 1. The molecule has 2 amide bonds. The summed E-state index contributed by atoms with van der Waals surface area (Å²) in [6.45, 7) is 0.635. The quantitative estimate of drug-likeness (QED) is 0.472. The number of hydrogen-bond donors (Lipinski definition) is 2. The minimum Gasteiger partial charge on any atom is -0.497 e. The van der Waals surface area contributed by atoms with Gasteiger partial charge >= 0.3 is 0 Å². The number of thioether (sulfide) groups is 1. The van der Waals surface area contributed by atoms with Crippen LogP contribution < -0.4 is 15.4 Å². The van der Waals surface area contributed by atoms with E-state index in [1.54, 1.807) is 13.2 Å². The first-order valence-electron chi connectivity index (χ1n) is 10.6. The molecular formula is C25H26N2O3S. The van der Waals surface area contributed by atoms with E-state index in [9.17, 15) is 9.59 Å². The Hall–Kier alpha value is -2.99. The van der Waals surface area contributed by atoms with Crippen molar-refractivity contribution >= 4 is 35.3 Å². The molecule has 160 valence electrons. The number of nitrogens with one attached hydrogen (secondary N) is 2. The Morgan fingerprint density at radius 2 is 2.13 bits per heavy atom. The predicted molar refractivity (Wildman–Crippen MR) is 125 cm³/mol. The van der Waals surface area contributed by atoms with Crippen molar-refractivity contribution in [1.29, 1.82) is 0 Å². The highest BCUT2D eigenvalue weighted by Gasteiger charge is 2.22. The Morgan fingerprint density at radius 3 is 2.94 bits per heavy atom. The van der Waals surface area contributed by atoms with Crippen LogP contribution in [0, 0.1) is 0 Å². The number of hydrogen-bond acceptors (Lipinski definition) is 4. The topological polar surface area (TPSA) is 67.4 Å². The molecule has 0 fully saturated rings. The molecule has 1 aliphatic carbocycles. The lowest BCUT2D eigenvalue weighted by Gasteiger charge is -2.19. The fourth-order valence-corrected chi connectivity index (χ4v) is 4.69. The Bertz CT molecular complexity index is 1060. The summed E-state index contributed by atoms with van der Waals surface area (Å²) < 4.78 is 5.25. The molecule has 0 bridgehead atoms. The van der Waals surface area contributed by atoms with Crippen LogP contribution in [0.5, 0.6) is 5.75 Å². The Kier molecular flexibility index (Phi) is 6.77. The zero-order valence-corrected chi connectivity index (χ0v) is 18.4. The van der Waals surface area contributed by atoms with Gasteiger partial charge in [-0.15, -0.1) is 0 Å². The van der Waals surface area contributed by atoms with E-state index in [-0.39, 0.29) is 11.8 Å². The van der Waals surface area contributed by atoms with Gasteiger partial charge in [-0.1, -0.05) is 35.5 Å².